The topological polar surface area (TPSA) is 37.3 Å². The lowest BCUT2D eigenvalue weighted by atomic mass is 9.77. The van der Waals surface area contributed by atoms with Crippen molar-refractivity contribution in [1.29, 1.82) is 0 Å². The largest absolute Gasteiger partial charge is 0.508 e. The fourth-order valence-electron chi connectivity index (χ4n) is 2.29. The van der Waals surface area contributed by atoms with E-state index in [-0.39, 0.29) is 16.9 Å². The van der Waals surface area contributed by atoms with Gasteiger partial charge in [0.1, 0.15) is 5.75 Å². The summed E-state index contributed by atoms with van der Waals surface area (Å²) in [5, 5.41) is 9.20. The smallest absolute Gasteiger partial charge is 0.156 e. The molecule has 2 heteroatoms. The number of carbonyl (C=O) groups is 1. The highest BCUT2D eigenvalue weighted by Crippen LogP contribution is 2.34. The van der Waals surface area contributed by atoms with Crippen molar-refractivity contribution in [1.82, 2.24) is 0 Å². The molecule has 0 atom stereocenters. The number of carbonyl (C=O) groups excluding carboxylic acids is 1. The highest BCUT2D eigenvalue weighted by Gasteiger charge is 2.26. The van der Waals surface area contributed by atoms with Crippen LogP contribution in [0.3, 0.4) is 0 Å². The summed E-state index contributed by atoms with van der Waals surface area (Å²) in [6.07, 6.45) is 7.25. The van der Waals surface area contributed by atoms with Gasteiger partial charge in [0.2, 0.25) is 0 Å². The summed E-state index contributed by atoms with van der Waals surface area (Å²) >= 11 is 0. The van der Waals surface area contributed by atoms with Gasteiger partial charge in [-0.3, -0.25) is 4.79 Å². The summed E-state index contributed by atoms with van der Waals surface area (Å²) in [5.41, 5.74) is 2.15. The Kier molecular flexibility index (Phi) is 3.37. The summed E-state index contributed by atoms with van der Waals surface area (Å²) in [4.78, 5) is 11.6. The fraction of sp³-hybridized carbons (Fsp3) is 0.312. The van der Waals surface area contributed by atoms with Crippen molar-refractivity contribution in [2.45, 2.75) is 26.7 Å². The lowest BCUT2D eigenvalue weighted by molar-refractivity contribution is -0.116. The Balaban J connectivity index is 2.14. The predicted octanol–water partition coefficient (Wildman–Crippen LogP) is 3.72. The molecule has 94 valence electrons. The maximum atomic E-state index is 11.6. The van der Waals surface area contributed by atoms with E-state index in [0.717, 1.165) is 17.6 Å². The van der Waals surface area contributed by atoms with Crippen LogP contribution in [0.4, 0.5) is 0 Å². The second-order valence-corrected chi connectivity index (χ2v) is 5.63. The number of ketones is 1. The molecule has 1 aromatic rings. The van der Waals surface area contributed by atoms with E-state index in [2.05, 4.69) is 13.8 Å². The van der Waals surface area contributed by atoms with Crippen LogP contribution in [0.5, 0.6) is 5.75 Å². The number of hydrogen-bond acceptors (Lipinski definition) is 2. The molecule has 1 aliphatic carbocycles. The molecule has 2 rings (SSSR count). The molecule has 18 heavy (non-hydrogen) atoms. The first-order chi connectivity index (χ1) is 8.44. The van der Waals surface area contributed by atoms with E-state index in [1.54, 1.807) is 18.2 Å². The van der Waals surface area contributed by atoms with Crippen LogP contribution in [0.15, 0.2) is 42.0 Å². The van der Waals surface area contributed by atoms with Crippen LogP contribution in [0.2, 0.25) is 0 Å². The van der Waals surface area contributed by atoms with E-state index in [4.69, 9.17) is 0 Å². The van der Waals surface area contributed by atoms with Crippen molar-refractivity contribution in [2.75, 3.05) is 0 Å². The normalized spacial score (nSPS) is 19.0. The summed E-state index contributed by atoms with van der Waals surface area (Å²) in [5.74, 6) is 0.469. The maximum absolute atomic E-state index is 11.6. The van der Waals surface area contributed by atoms with Crippen molar-refractivity contribution >= 4 is 11.9 Å². The van der Waals surface area contributed by atoms with Gasteiger partial charge in [-0.1, -0.05) is 38.1 Å². The van der Waals surface area contributed by atoms with Crippen LogP contribution >= 0.6 is 0 Å². The first-order valence-electron chi connectivity index (χ1n) is 6.15. The van der Waals surface area contributed by atoms with E-state index in [1.807, 2.05) is 24.3 Å². The molecule has 0 unspecified atom stereocenters. The molecule has 0 bridgehead atoms. The van der Waals surface area contributed by atoms with Crippen LogP contribution in [0, 0.1) is 5.41 Å². The number of rotatable bonds is 2. The van der Waals surface area contributed by atoms with Crippen molar-refractivity contribution < 1.29 is 9.90 Å². The second kappa shape index (κ2) is 4.81. The zero-order valence-corrected chi connectivity index (χ0v) is 10.8. The molecule has 0 spiro atoms. The Labute approximate surface area is 108 Å². The quantitative estimate of drug-likeness (QED) is 0.858. The molecule has 1 aliphatic rings. The molecule has 1 aromatic carbocycles. The summed E-state index contributed by atoms with van der Waals surface area (Å²) in [6, 6.07) is 7.01. The summed E-state index contributed by atoms with van der Waals surface area (Å²) < 4.78 is 0. The first-order valence-corrected chi connectivity index (χ1v) is 6.15. The van der Waals surface area contributed by atoms with Crippen LogP contribution in [0.25, 0.3) is 6.08 Å². The van der Waals surface area contributed by atoms with Gasteiger partial charge in [-0.15, -0.1) is 0 Å². The lowest BCUT2D eigenvalue weighted by Gasteiger charge is -2.27. The third-order valence-corrected chi connectivity index (χ3v) is 3.06. The zero-order chi connectivity index (χ0) is 13.2. The van der Waals surface area contributed by atoms with Crippen LogP contribution in [-0.2, 0) is 4.79 Å². The van der Waals surface area contributed by atoms with E-state index < -0.39 is 0 Å². The minimum absolute atomic E-state index is 0.0560. The minimum atomic E-state index is 0.0560. The average Bonchev–Trinajstić information content (AvgIpc) is 2.25. The maximum Gasteiger partial charge on any atom is 0.156 e. The Bertz CT molecular complexity index is 504. The van der Waals surface area contributed by atoms with Crippen LogP contribution in [0.1, 0.15) is 32.3 Å². The highest BCUT2D eigenvalue weighted by molar-refractivity contribution is 5.92. The van der Waals surface area contributed by atoms with Gasteiger partial charge < -0.3 is 5.11 Å². The highest BCUT2D eigenvalue weighted by atomic mass is 16.3. The molecule has 1 N–H and O–H groups in total. The molecule has 0 aliphatic heterocycles. The van der Waals surface area contributed by atoms with Gasteiger partial charge in [0.25, 0.3) is 0 Å². The van der Waals surface area contributed by atoms with Crippen molar-refractivity contribution in [3.05, 3.63) is 47.6 Å². The first kappa shape index (κ1) is 12.6. The van der Waals surface area contributed by atoms with E-state index in [9.17, 15) is 9.90 Å². The SMILES string of the molecule is CC1(C)CC(=O)C=C(C=Cc2ccc(O)cc2)C1. The Morgan fingerprint density at radius 2 is 1.78 bits per heavy atom. The lowest BCUT2D eigenvalue weighted by Crippen LogP contribution is -2.21. The third kappa shape index (κ3) is 3.33. The average molecular weight is 242 g/mol. The van der Waals surface area contributed by atoms with Crippen molar-refractivity contribution in [2.24, 2.45) is 5.41 Å². The second-order valence-electron chi connectivity index (χ2n) is 5.63. The van der Waals surface area contributed by atoms with E-state index in [1.165, 1.54) is 0 Å². The Hall–Kier alpha value is -1.83. The summed E-state index contributed by atoms with van der Waals surface area (Å²) in [6.45, 7) is 4.23. The Morgan fingerprint density at radius 3 is 2.39 bits per heavy atom. The van der Waals surface area contributed by atoms with Crippen molar-refractivity contribution in [3.8, 4) is 5.75 Å². The van der Waals surface area contributed by atoms with E-state index >= 15 is 0 Å². The standard InChI is InChI=1S/C16H18O2/c1-16(2)10-13(9-15(18)11-16)4-3-12-5-7-14(17)8-6-12/h3-9,17H,10-11H2,1-2H3. The third-order valence-electron chi connectivity index (χ3n) is 3.06. The molecule has 0 heterocycles. The molecule has 0 fully saturated rings. The van der Waals surface area contributed by atoms with Gasteiger partial charge in [0.15, 0.2) is 5.78 Å². The molecule has 0 saturated carbocycles. The predicted molar refractivity (Wildman–Crippen MR) is 73.2 cm³/mol. The van der Waals surface area contributed by atoms with E-state index in [0.29, 0.717) is 6.42 Å². The number of phenolic OH excluding ortho intramolecular Hbond substituents is 1. The van der Waals surface area contributed by atoms with Crippen LogP contribution in [-0.4, -0.2) is 10.9 Å². The van der Waals surface area contributed by atoms with Crippen molar-refractivity contribution in [3.63, 3.8) is 0 Å². The molecule has 2 nitrogen and oxygen atoms in total. The minimum Gasteiger partial charge on any atom is -0.508 e. The zero-order valence-electron chi connectivity index (χ0n) is 10.8. The molecule has 0 radical (unpaired) electrons. The van der Waals surface area contributed by atoms with Gasteiger partial charge >= 0.3 is 0 Å². The molecule has 0 saturated heterocycles. The monoisotopic (exact) mass is 242 g/mol. The molecular formula is C16H18O2. The van der Waals surface area contributed by atoms with Gasteiger partial charge in [-0.25, -0.2) is 0 Å². The van der Waals surface area contributed by atoms with Gasteiger partial charge in [0, 0.05) is 6.42 Å². The summed E-state index contributed by atoms with van der Waals surface area (Å²) in [7, 11) is 0. The van der Waals surface area contributed by atoms with Gasteiger partial charge in [0.05, 0.1) is 0 Å². The number of phenols is 1. The molecule has 0 aromatic heterocycles. The number of benzene rings is 1. The number of hydrogen-bond donors (Lipinski definition) is 1. The van der Waals surface area contributed by atoms with Gasteiger partial charge in [-0.2, -0.15) is 0 Å². The molecular weight excluding hydrogens is 224 g/mol. The number of allylic oxidation sites excluding steroid dienone is 3. The van der Waals surface area contributed by atoms with Crippen LogP contribution < -0.4 is 0 Å². The van der Waals surface area contributed by atoms with Gasteiger partial charge in [-0.05, 0) is 41.2 Å². The Morgan fingerprint density at radius 1 is 1.11 bits per heavy atom. The number of aromatic hydroxyl groups is 1. The fourth-order valence-corrected chi connectivity index (χ4v) is 2.29. The molecule has 0 amide bonds.